The lowest BCUT2D eigenvalue weighted by molar-refractivity contribution is -0.384. The second-order valence-corrected chi connectivity index (χ2v) is 8.23. The number of furan rings is 1. The van der Waals surface area contributed by atoms with E-state index >= 15 is 0 Å². The van der Waals surface area contributed by atoms with Crippen molar-refractivity contribution in [3.63, 3.8) is 0 Å². The van der Waals surface area contributed by atoms with Crippen molar-refractivity contribution in [3.05, 3.63) is 86.5 Å². The van der Waals surface area contributed by atoms with Gasteiger partial charge in [-0.05, 0) is 48.2 Å². The van der Waals surface area contributed by atoms with Crippen molar-refractivity contribution < 1.29 is 23.7 Å². The zero-order valence-corrected chi connectivity index (χ0v) is 18.3. The van der Waals surface area contributed by atoms with Gasteiger partial charge in [0.1, 0.15) is 18.1 Å². The number of nitrogens with one attached hydrogen (secondary N) is 1. The van der Waals surface area contributed by atoms with Crippen LogP contribution in [0.5, 0.6) is 0 Å². The number of imide groups is 1. The van der Waals surface area contributed by atoms with E-state index in [-0.39, 0.29) is 32.7 Å². The molecule has 4 rings (SSSR count). The number of thioether (sulfide) groups is 1. The Hall–Kier alpha value is -3.89. The van der Waals surface area contributed by atoms with Crippen LogP contribution in [-0.2, 0) is 9.59 Å². The number of nitro groups is 1. The molecule has 1 aliphatic rings. The van der Waals surface area contributed by atoms with Gasteiger partial charge in [0, 0.05) is 22.9 Å². The lowest BCUT2D eigenvalue weighted by atomic mass is 10.1. The summed E-state index contributed by atoms with van der Waals surface area (Å²) in [6, 6.07) is 15.9. The number of nitro benzene ring substituents is 1. The van der Waals surface area contributed by atoms with Gasteiger partial charge < -0.3 is 9.73 Å². The lowest BCUT2D eigenvalue weighted by Crippen LogP contribution is -2.36. The van der Waals surface area contributed by atoms with Crippen molar-refractivity contribution in [2.75, 3.05) is 11.9 Å². The molecule has 3 amide bonds. The standard InChI is InChI=1S/C22H14ClN3O6S/c23-13-6-8-16(17(10-13)26(30)31)18-9-7-15(32-18)11-19-21(28)25(22(29)33-19)12-20(27)24-14-4-2-1-3-5-14/h1-11H,12H2,(H,24,27)/b19-11-. The van der Waals surface area contributed by atoms with Gasteiger partial charge in [-0.25, -0.2) is 0 Å². The molecule has 3 aromatic rings. The number of amides is 3. The quantitative estimate of drug-likeness (QED) is 0.291. The van der Waals surface area contributed by atoms with Crippen LogP contribution in [-0.4, -0.2) is 33.4 Å². The highest BCUT2D eigenvalue weighted by Crippen LogP contribution is 2.36. The van der Waals surface area contributed by atoms with Gasteiger partial charge in [0.15, 0.2) is 0 Å². The molecule has 1 N–H and O–H groups in total. The van der Waals surface area contributed by atoms with Gasteiger partial charge in [0.2, 0.25) is 5.91 Å². The van der Waals surface area contributed by atoms with Crippen LogP contribution in [0.2, 0.25) is 5.02 Å². The van der Waals surface area contributed by atoms with Gasteiger partial charge in [0.05, 0.1) is 15.4 Å². The summed E-state index contributed by atoms with van der Waals surface area (Å²) in [7, 11) is 0. The van der Waals surface area contributed by atoms with Gasteiger partial charge in [-0.1, -0.05) is 29.8 Å². The smallest absolute Gasteiger partial charge is 0.294 e. The van der Waals surface area contributed by atoms with Crippen LogP contribution in [0.25, 0.3) is 17.4 Å². The Kier molecular flexibility index (Phi) is 6.29. The fraction of sp³-hybridized carbons (Fsp3) is 0.0455. The first kappa shape index (κ1) is 22.3. The van der Waals surface area contributed by atoms with Crippen LogP contribution in [0.4, 0.5) is 16.2 Å². The third kappa shape index (κ3) is 4.97. The Morgan fingerprint density at radius 1 is 1.15 bits per heavy atom. The van der Waals surface area contributed by atoms with Gasteiger partial charge in [-0.15, -0.1) is 0 Å². The number of anilines is 1. The molecule has 2 aromatic carbocycles. The van der Waals surface area contributed by atoms with Crippen LogP contribution < -0.4 is 5.32 Å². The first-order valence-electron chi connectivity index (χ1n) is 9.46. The number of carbonyl (C=O) groups is 3. The molecule has 1 aromatic heterocycles. The Morgan fingerprint density at radius 2 is 1.91 bits per heavy atom. The number of hydrogen-bond acceptors (Lipinski definition) is 7. The fourth-order valence-electron chi connectivity index (χ4n) is 3.07. The van der Waals surface area contributed by atoms with E-state index in [9.17, 15) is 24.5 Å². The molecule has 0 aliphatic carbocycles. The number of nitrogens with zero attached hydrogens (tertiary/aromatic N) is 2. The highest BCUT2D eigenvalue weighted by atomic mass is 35.5. The maximum Gasteiger partial charge on any atom is 0.294 e. The molecule has 0 saturated carbocycles. The van der Waals surface area contributed by atoms with E-state index in [1.807, 2.05) is 0 Å². The van der Waals surface area contributed by atoms with E-state index in [0.717, 1.165) is 4.90 Å². The summed E-state index contributed by atoms with van der Waals surface area (Å²) in [5, 5.41) is 13.6. The van der Waals surface area contributed by atoms with E-state index in [2.05, 4.69) is 5.32 Å². The predicted octanol–water partition coefficient (Wildman–Crippen LogP) is 5.18. The molecule has 0 spiro atoms. The SMILES string of the molecule is O=C(CN1C(=O)S/C(=C\c2ccc(-c3ccc(Cl)cc3[N+](=O)[O-])o2)C1=O)Nc1ccccc1. The second kappa shape index (κ2) is 9.31. The molecule has 1 aliphatic heterocycles. The van der Waals surface area contributed by atoms with Crippen molar-refractivity contribution >= 4 is 57.9 Å². The first-order chi connectivity index (χ1) is 15.8. The molecule has 1 fully saturated rings. The number of para-hydroxylation sites is 1. The van der Waals surface area contributed by atoms with Gasteiger partial charge in [-0.3, -0.25) is 29.4 Å². The van der Waals surface area contributed by atoms with Crippen molar-refractivity contribution in [3.8, 4) is 11.3 Å². The van der Waals surface area contributed by atoms with Crippen LogP contribution in [0.1, 0.15) is 5.76 Å². The number of carbonyl (C=O) groups excluding carboxylic acids is 3. The number of halogens is 1. The summed E-state index contributed by atoms with van der Waals surface area (Å²) in [4.78, 5) is 48.8. The zero-order chi connectivity index (χ0) is 23.5. The Bertz CT molecular complexity index is 1300. The number of rotatable bonds is 6. The van der Waals surface area contributed by atoms with Gasteiger partial charge in [0.25, 0.3) is 16.8 Å². The van der Waals surface area contributed by atoms with Crippen molar-refractivity contribution in [2.45, 2.75) is 0 Å². The Labute approximate surface area is 196 Å². The van der Waals surface area contributed by atoms with Gasteiger partial charge in [-0.2, -0.15) is 0 Å². The third-order valence-corrected chi connectivity index (χ3v) is 5.70. The Balaban J connectivity index is 1.50. The highest BCUT2D eigenvalue weighted by molar-refractivity contribution is 8.18. The van der Waals surface area contributed by atoms with Crippen molar-refractivity contribution in [2.24, 2.45) is 0 Å². The molecule has 11 heteroatoms. The van der Waals surface area contributed by atoms with E-state index < -0.39 is 28.5 Å². The van der Waals surface area contributed by atoms with E-state index in [4.69, 9.17) is 16.0 Å². The van der Waals surface area contributed by atoms with E-state index in [1.165, 1.54) is 36.4 Å². The number of hydrogen-bond donors (Lipinski definition) is 1. The van der Waals surface area contributed by atoms with Crippen LogP contribution in [0.15, 0.2) is 70.0 Å². The molecule has 0 atom stereocenters. The molecule has 9 nitrogen and oxygen atoms in total. The normalized spacial score (nSPS) is 14.7. The molecule has 0 bridgehead atoms. The second-order valence-electron chi connectivity index (χ2n) is 6.80. The summed E-state index contributed by atoms with van der Waals surface area (Å²) in [5.41, 5.74) is 0.535. The largest absolute Gasteiger partial charge is 0.456 e. The maximum atomic E-state index is 12.7. The molecular formula is C22H14ClN3O6S. The first-order valence-corrected chi connectivity index (χ1v) is 10.7. The van der Waals surface area contributed by atoms with E-state index in [1.54, 1.807) is 30.3 Å². The average molecular weight is 484 g/mol. The zero-order valence-electron chi connectivity index (χ0n) is 16.7. The minimum absolute atomic E-state index is 0.0685. The van der Waals surface area contributed by atoms with Crippen molar-refractivity contribution in [1.82, 2.24) is 4.90 Å². The summed E-state index contributed by atoms with van der Waals surface area (Å²) in [6.45, 7) is -0.433. The number of benzene rings is 2. The lowest BCUT2D eigenvalue weighted by Gasteiger charge is -2.12. The monoisotopic (exact) mass is 483 g/mol. The minimum atomic E-state index is -0.636. The highest BCUT2D eigenvalue weighted by Gasteiger charge is 2.36. The average Bonchev–Trinajstić information content (AvgIpc) is 3.34. The van der Waals surface area contributed by atoms with Gasteiger partial charge >= 0.3 is 0 Å². The fourth-order valence-corrected chi connectivity index (χ4v) is 4.06. The maximum absolute atomic E-state index is 12.7. The van der Waals surface area contributed by atoms with Crippen LogP contribution in [0.3, 0.4) is 0 Å². The van der Waals surface area contributed by atoms with Crippen LogP contribution >= 0.6 is 23.4 Å². The topological polar surface area (TPSA) is 123 Å². The van der Waals surface area contributed by atoms with Crippen molar-refractivity contribution in [1.29, 1.82) is 0 Å². The van der Waals surface area contributed by atoms with E-state index in [0.29, 0.717) is 17.4 Å². The molecule has 2 heterocycles. The Morgan fingerprint density at radius 3 is 2.64 bits per heavy atom. The van der Waals surface area contributed by atoms with Crippen LogP contribution in [0, 0.1) is 10.1 Å². The minimum Gasteiger partial charge on any atom is -0.456 e. The molecule has 0 radical (unpaired) electrons. The summed E-state index contributed by atoms with van der Waals surface area (Å²) in [5.74, 6) is -0.733. The molecule has 33 heavy (non-hydrogen) atoms. The molecule has 0 unspecified atom stereocenters. The third-order valence-electron chi connectivity index (χ3n) is 4.55. The molecular weight excluding hydrogens is 470 g/mol. The summed E-state index contributed by atoms with van der Waals surface area (Å²) in [6.07, 6.45) is 1.35. The summed E-state index contributed by atoms with van der Waals surface area (Å²) < 4.78 is 5.64. The predicted molar refractivity (Wildman–Crippen MR) is 124 cm³/mol. The summed E-state index contributed by atoms with van der Waals surface area (Å²) >= 11 is 6.51. The molecule has 166 valence electrons. The molecule has 1 saturated heterocycles.